The summed E-state index contributed by atoms with van der Waals surface area (Å²) in [6, 6.07) is 13.8. The second-order valence-corrected chi connectivity index (χ2v) is 7.58. The molecule has 1 N–H and O–H groups in total. The number of nitrogens with zero attached hydrogens (tertiary/aromatic N) is 2. The van der Waals surface area contributed by atoms with E-state index >= 15 is 0 Å². The molecule has 29 heavy (non-hydrogen) atoms. The van der Waals surface area contributed by atoms with Crippen LogP contribution in [0.5, 0.6) is 5.75 Å². The third kappa shape index (κ3) is 7.65. The Kier molecular flexibility index (Phi) is 8.28. The van der Waals surface area contributed by atoms with E-state index in [2.05, 4.69) is 15.1 Å². The smallest absolute Gasteiger partial charge is 0.234 e. The molecule has 1 heterocycles. The first-order chi connectivity index (χ1) is 14.1. The molecule has 0 aliphatic carbocycles. The van der Waals surface area contributed by atoms with Gasteiger partial charge in [-0.2, -0.15) is 0 Å². The lowest BCUT2D eigenvalue weighted by Gasteiger charge is -2.34. The first-order valence-electron chi connectivity index (χ1n) is 9.93. The van der Waals surface area contributed by atoms with Gasteiger partial charge < -0.3 is 10.1 Å². The fourth-order valence-electron chi connectivity index (χ4n) is 3.25. The molecule has 0 aromatic heterocycles. The molecule has 1 fully saturated rings. The van der Waals surface area contributed by atoms with E-state index in [1.54, 1.807) is 12.1 Å². The van der Waals surface area contributed by atoms with E-state index < -0.39 is 0 Å². The zero-order valence-corrected chi connectivity index (χ0v) is 17.2. The Morgan fingerprint density at radius 3 is 2.34 bits per heavy atom. The van der Waals surface area contributed by atoms with Crippen molar-refractivity contribution in [3.05, 3.63) is 64.9 Å². The lowest BCUT2D eigenvalue weighted by molar-refractivity contribution is -0.122. The van der Waals surface area contributed by atoms with Crippen molar-refractivity contribution in [1.82, 2.24) is 15.1 Å². The quantitative estimate of drug-likeness (QED) is 0.679. The minimum absolute atomic E-state index is 0.0339. The maximum absolute atomic E-state index is 12.9. The van der Waals surface area contributed by atoms with Gasteiger partial charge in [0.2, 0.25) is 5.91 Å². The number of halogens is 2. The molecular weight excluding hydrogens is 393 g/mol. The Morgan fingerprint density at radius 1 is 1.00 bits per heavy atom. The minimum Gasteiger partial charge on any atom is -0.492 e. The summed E-state index contributed by atoms with van der Waals surface area (Å²) in [7, 11) is 0. The number of rotatable bonds is 9. The van der Waals surface area contributed by atoms with E-state index in [0.717, 1.165) is 44.0 Å². The van der Waals surface area contributed by atoms with Crippen LogP contribution in [0.25, 0.3) is 0 Å². The van der Waals surface area contributed by atoms with Crippen LogP contribution in [0.4, 0.5) is 4.39 Å². The van der Waals surface area contributed by atoms with Gasteiger partial charge in [-0.15, -0.1) is 0 Å². The largest absolute Gasteiger partial charge is 0.492 e. The van der Waals surface area contributed by atoms with E-state index in [1.807, 2.05) is 24.3 Å². The van der Waals surface area contributed by atoms with E-state index in [1.165, 1.54) is 12.1 Å². The van der Waals surface area contributed by atoms with Gasteiger partial charge in [0.05, 0.1) is 6.54 Å². The first kappa shape index (κ1) is 21.6. The lowest BCUT2D eigenvalue weighted by Crippen LogP contribution is -2.50. The van der Waals surface area contributed by atoms with Gasteiger partial charge in [-0.3, -0.25) is 14.6 Å². The second-order valence-electron chi connectivity index (χ2n) is 7.15. The zero-order chi connectivity index (χ0) is 20.5. The van der Waals surface area contributed by atoms with Crippen molar-refractivity contribution in [2.75, 3.05) is 52.4 Å². The van der Waals surface area contributed by atoms with Crippen LogP contribution >= 0.6 is 11.6 Å². The Balaban J connectivity index is 1.26. The highest BCUT2D eigenvalue weighted by Crippen LogP contribution is 2.15. The molecule has 0 bridgehead atoms. The number of benzene rings is 2. The third-order valence-corrected chi connectivity index (χ3v) is 5.22. The fraction of sp³-hybridized carbons (Fsp3) is 0.409. The third-order valence-electron chi connectivity index (χ3n) is 4.97. The van der Waals surface area contributed by atoms with Crippen LogP contribution in [0.3, 0.4) is 0 Å². The maximum Gasteiger partial charge on any atom is 0.234 e. The molecule has 1 saturated heterocycles. The van der Waals surface area contributed by atoms with Gasteiger partial charge in [-0.1, -0.05) is 23.7 Å². The minimum atomic E-state index is -0.242. The molecule has 2 aromatic rings. The number of nitrogens with one attached hydrogen (secondary N) is 1. The molecule has 156 valence electrons. The van der Waals surface area contributed by atoms with Crippen molar-refractivity contribution in [3.8, 4) is 5.75 Å². The van der Waals surface area contributed by atoms with Gasteiger partial charge >= 0.3 is 0 Å². The Morgan fingerprint density at radius 2 is 1.66 bits per heavy atom. The number of piperazine rings is 1. The van der Waals surface area contributed by atoms with Crippen LogP contribution in [0.15, 0.2) is 48.5 Å². The van der Waals surface area contributed by atoms with Gasteiger partial charge in [-0.05, 0) is 48.4 Å². The number of ether oxygens (including phenoxy) is 1. The number of amides is 1. The molecule has 5 nitrogen and oxygen atoms in total. The van der Waals surface area contributed by atoms with Gasteiger partial charge in [0.15, 0.2) is 0 Å². The van der Waals surface area contributed by atoms with Gasteiger partial charge in [0.1, 0.15) is 18.2 Å². The molecule has 1 amide bonds. The van der Waals surface area contributed by atoms with Crippen molar-refractivity contribution in [2.24, 2.45) is 0 Å². The molecule has 1 aliphatic rings. The van der Waals surface area contributed by atoms with Crippen LogP contribution in [0.1, 0.15) is 5.56 Å². The molecule has 0 unspecified atom stereocenters. The van der Waals surface area contributed by atoms with Crippen molar-refractivity contribution >= 4 is 17.5 Å². The normalized spacial score (nSPS) is 15.2. The van der Waals surface area contributed by atoms with Crippen molar-refractivity contribution in [3.63, 3.8) is 0 Å². The molecule has 2 aromatic carbocycles. The van der Waals surface area contributed by atoms with Crippen LogP contribution in [0.2, 0.25) is 5.02 Å². The Labute approximate surface area is 176 Å². The van der Waals surface area contributed by atoms with Crippen LogP contribution in [-0.4, -0.2) is 68.1 Å². The molecule has 0 radical (unpaired) electrons. The molecular formula is C22H27ClFN3O2. The lowest BCUT2D eigenvalue weighted by atomic mass is 10.1. The topological polar surface area (TPSA) is 44.8 Å². The Hall–Kier alpha value is -2.15. The van der Waals surface area contributed by atoms with Gasteiger partial charge in [0.25, 0.3) is 0 Å². The van der Waals surface area contributed by atoms with Crippen molar-refractivity contribution in [1.29, 1.82) is 0 Å². The second kappa shape index (κ2) is 11.1. The van der Waals surface area contributed by atoms with E-state index in [0.29, 0.717) is 31.1 Å². The standard InChI is InChI=1S/C22H27ClFN3O2/c23-19-3-7-21(8-4-19)29-16-15-26-11-13-27(14-12-26)17-22(28)25-10-9-18-1-5-20(24)6-2-18/h1-8H,9-17H2,(H,25,28). The molecule has 1 aliphatic heterocycles. The van der Waals surface area contributed by atoms with Crippen LogP contribution in [0, 0.1) is 5.82 Å². The predicted molar refractivity (Wildman–Crippen MR) is 113 cm³/mol. The summed E-state index contributed by atoms with van der Waals surface area (Å²) in [6.07, 6.45) is 0.702. The van der Waals surface area contributed by atoms with Crippen LogP contribution in [-0.2, 0) is 11.2 Å². The predicted octanol–water partition coefficient (Wildman–Crippen LogP) is 2.83. The van der Waals surface area contributed by atoms with Gasteiger partial charge in [0, 0.05) is 44.3 Å². The number of hydrogen-bond acceptors (Lipinski definition) is 4. The average Bonchev–Trinajstić information content (AvgIpc) is 2.72. The number of hydrogen-bond donors (Lipinski definition) is 1. The van der Waals surface area contributed by atoms with E-state index in [9.17, 15) is 9.18 Å². The molecule has 7 heteroatoms. The molecule has 3 rings (SSSR count). The first-order valence-corrected chi connectivity index (χ1v) is 10.3. The summed E-state index contributed by atoms with van der Waals surface area (Å²) in [5.74, 6) is 0.616. The van der Waals surface area contributed by atoms with E-state index in [4.69, 9.17) is 16.3 Å². The van der Waals surface area contributed by atoms with Crippen molar-refractivity contribution < 1.29 is 13.9 Å². The number of carbonyl (C=O) groups excluding carboxylic acids is 1. The zero-order valence-electron chi connectivity index (χ0n) is 16.4. The summed E-state index contributed by atoms with van der Waals surface area (Å²) in [5, 5.41) is 3.65. The molecule has 0 atom stereocenters. The summed E-state index contributed by atoms with van der Waals surface area (Å²) >= 11 is 5.87. The average molecular weight is 420 g/mol. The van der Waals surface area contributed by atoms with Crippen LogP contribution < -0.4 is 10.1 Å². The van der Waals surface area contributed by atoms with Crippen molar-refractivity contribution in [2.45, 2.75) is 6.42 Å². The van der Waals surface area contributed by atoms with Gasteiger partial charge in [-0.25, -0.2) is 4.39 Å². The SMILES string of the molecule is O=C(CN1CCN(CCOc2ccc(Cl)cc2)CC1)NCCc1ccc(F)cc1. The Bertz CT molecular complexity index is 763. The molecule has 0 saturated carbocycles. The maximum atomic E-state index is 12.9. The fourth-order valence-corrected chi connectivity index (χ4v) is 3.38. The summed E-state index contributed by atoms with van der Waals surface area (Å²) in [5.41, 5.74) is 1.01. The summed E-state index contributed by atoms with van der Waals surface area (Å²) in [4.78, 5) is 16.7. The van der Waals surface area contributed by atoms with E-state index in [-0.39, 0.29) is 11.7 Å². The number of carbonyl (C=O) groups is 1. The summed E-state index contributed by atoms with van der Waals surface area (Å²) < 4.78 is 18.6. The monoisotopic (exact) mass is 419 g/mol. The highest BCUT2D eigenvalue weighted by molar-refractivity contribution is 6.30. The highest BCUT2D eigenvalue weighted by Gasteiger charge is 2.18. The molecule has 0 spiro atoms. The summed E-state index contributed by atoms with van der Waals surface area (Å²) in [6.45, 7) is 6.05. The highest BCUT2D eigenvalue weighted by atomic mass is 35.5.